The van der Waals surface area contributed by atoms with Crippen molar-refractivity contribution in [3.05, 3.63) is 53.3 Å². The molecule has 3 rings (SSSR count). The Balaban J connectivity index is 0.000000774. The molecule has 0 unspecified atom stereocenters. The Kier molecular flexibility index (Phi) is 4.60. The van der Waals surface area contributed by atoms with Crippen molar-refractivity contribution in [2.24, 2.45) is 0 Å². The molecule has 1 aromatic carbocycles. The van der Waals surface area contributed by atoms with Crippen molar-refractivity contribution in [3.63, 3.8) is 0 Å². The zero-order valence-electron chi connectivity index (χ0n) is 11.7. The fourth-order valence-corrected chi connectivity index (χ4v) is 2.20. The summed E-state index contributed by atoms with van der Waals surface area (Å²) in [4.78, 5) is 18.5. The molecular formula is C16H15ClN2O2. The highest BCUT2D eigenvalue weighted by Gasteiger charge is 2.19. The summed E-state index contributed by atoms with van der Waals surface area (Å²) in [6.45, 7) is 4.00. The number of rotatable bonds is 2. The molecule has 0 saturated carbocycles. The van der Waals surface area contributed by atoms with Crippen LogP contribution in [0.3, 0.4) is 0 Å². The lowest BCUT2D eigenvalue weighted by Gasteiger charge is -2.01. The Morgan fingerprint density at radius 1 is 1.19 bits per heavy atom. The number of pyridine rings is 1. The lowest BCUT2D eigenvalue weighted by atomic mass is 10.0. The highest BCUT2D eigenvalue weighted by Crippen LogP contribution is 2.31. The van der Waals surface area contributed by atoms with Crippen molar-refractivity contribution >= 4 is 28.6 Å². The van der Waals surface area contributed by atoms with Crippen molar-refractivity contribution in [2.45, 2.75) is 13.8 Å². The number of nitrogens with zero attached hydrogens (tertiary/aromatic N) is 1. The first kappa shape index (κ1) is 15.1. The number of carboxylic acids is 1. The summed E-state index contributed by atoms with van der Waals surface area (Å²) in [7, 11) is 0. The van der Waals surface area contributed by atoms with Gasteiger partial charge in [-0.25, -0.2) is 4.79 Å². The molecule has 0 atom stereocenters. The van der Waals surface area contributed by atoms with E-state index in [1.165, 1.54) is 0 Å². The number of benzene rings is 1. The Labute approximate surface area is 127 Å². The summed E-state index contributed by atoms with van der Waals surface area (Å²) in [6.07, 6.45) is 1.64. The van der Waals surface area contributed by atoms with E-state index in [9.17, 15) is 9.90 Å². The van der Waals surface area contributed by atoms with Gasteiger partial charge in [-0.1, -0.05) is 37.6 Å². The third-order valence-corrected chi connectivity index (χ3v) is 3.15. The van der Waals surface area contributed by atoms with Crippen LogP contribution in [-0.2, 0) is 0 Å². The van der Waals surface area contributed by atoms with Crippen molar-refractivity contribution in [1.29, 1.82) is 0 Å². The largest absolute Gasteiger partial charge is 0.477 e. The van der Waals surface area contributed by atoms with Gasteiger partial charge in [-0.2, -0.15) is 0 Å². The van der Waals surface area contributed by atoms with Crippen molar-refractivity contribution in [2.75, 3.05) is 0 Å². The topological polar surface area (TPSA) is 66.0 Å². The van der Waals surface area contributed by atoms with Crippen LogP contribution < -0.4 is 0 Å². The lowest BCUT2D eigenvalue weighted by Crippen LogP contribution is -1.98. The quantitative estimate of drug-likeness (QED) is 0.726. The van der Waals surface area contributed by atoms with Gasteiger partial charge in [0, 0.05) is 16.8 Å². The molecule has 108 valence electrons. The van der Waals surface area contributed by atoms with Crippen LogP contribution in [0.15, 0.2) is 42.6 Å². The number of aromatic carboxylic acids is 1. The minimum atomic E-state index is -1.01. The summed E-state index contributed by atoms with van der Waals surface area (Å²) in [5, 5.41) is 9.90. The van der Waals surface area contributed by atoms with E-state index in [1.807, 2.05) is 13.8 Å². The van der Waals surface area contributed by atoms with Crippen LogP contribution in [0.2, 0.25) is 5.02 Å². The Morgan fingerprint density at radius 2 is 1.86 bits per heavy atom. The van der Waals surface area contributed by atoms with E-state index < -0.39 is 5.97 Å². The molecule has 4 nitrogen and oxygen atoms in total. The highest BCUT2D eigenvalue weighted by molar-refractivity contribution is 6.30. The van der Waals surface area contributed by atoms with Gasteiger partial charge in [-0.05, 0) is 29.8 Å². The number of nitrogens with one attached hydrogen (secondary N) is 1. The van der Waals surface area contributed by atoms with Gasteiger partial charge in [0.25, 0.3) is 0 Å². The van der Waals surface area contributed by atoms with E-state index in [4.69, 9.17) is 11.6 Å². The Morgan fingerprint density at radius 3 is 2.48 bits per heavy atom. The van der Waals surface area contributed by atoms with Crippen LogP contribution >= 0.6 is 11.6 Å². The molecule has 3 aromatic rings. The molecule has 0 saturated heterocycles. The monoisotopic (exact) mass is 302 g/mol. The van der Waals surface area contributed by atoms with Crippen molar-refractivity contribution in [1.82, 2.24) is 9.97 Å². The fraction of sp³-hybridized carbons (Fsp3) is 0.125. The predicted molar refractivity (Wildman–Crippen MR) is 84.8 cm³/mol. The lowest BCUT2D eigenvalue weighted by molar-refractivity contribution is 0.0692. The SMILES string of the molecule is CC.O=C(O)c1[nH]c2cccnc2c1-c1ccc(Cl)cc1. The minimum absolute atomic E-state index is 0.135. The summed E-state index contributed by atoms with van der Waals surface area (Å²) in [6, 6.07) is 10.6. The first-order valence-corrected chi connectivity index (χ1v) is 7.00. The van der Waals surface area contributed by atoms with E-state index in [2.05, 4.69) is 9.97 Å². The molecule has 0 fully saturated rings. The summed E-state index contributed by atoms with van der Waals surface area (Å²) < 4.78 is 0. The molecular weight excluding hydrogens is 288 g/mol. The summed E-state index contributed by atoms with van der Waals surface area (Å²) >= 11 is 5.85. The average molecular weight is 303 g/mol. The number of carbonyl (C=O) groups is 1. The van der Waals surface area contributed by atoms with Gasteiger partial charge < -0.3 is 10.1 Å². The number of carboxylic acid groups (broad SMARTS) is 1. The molecule has 21 heavy (non-hydrogen) atoms. The van der Waals surface area contributed by atoms with E-state index in [0.717, 1.165) is 5.56 Å². The van der Waals surface area contributed by atoms with Gasteiger partial charge in [0.1, 0.15) is 5.69 Å². The standard InChI is InChI=1S/C14H9ClN2O2.C2H6/c15-9-5-3-8(4-6-9)11-12-10(2-1-7-16-12)17-13(11)14(18)19;1-2/h1-7,17H,(H,18,19);1-2H3. The fourth-order valence-electron chi connectivity index (χ4n) is 2.08. The second-order valence-electron chi connectivity index (χ2n) is 4.09. The minimum Gasteiger partial charge on any atom is -0.477 e. The van der Waals surface area contributed by atoms with Gasteiger partial charge in [-0.3, -0.25) is 4.98 Å². The van der Waals surface area contributed by atoms with Crippen LogP contribution in [-0.4, -0.2) is 21.0 Å². The van der Waals surface area contributed by atoms with Gasteiger partial charge in [-0.15, -0.1) is 0 Å². The molecule has 0 radical (unpaired) electrons. The smallest absolute Gasteiger partial charge is 0.353 e. The average Bonchev–Trinajstić information content (AvgIpc) is 2.90. The first-order valence-electron chi connectivity index (χ1n) is 6.63. The number of fused-ring (bicyclic) bond motifs is 1. The number of halogens is 1. The molecule has 2 heterocycles. The van der Waals surface area contributed by atoms with Crippen LogP contribution in [0.1, 0.15) is 24.3 Å². The van der Waals surface area contributed by atoms with Crippen LogP contribution in [0.25, 0.3) is 22.2 Å². The molecule has 2 N–H and O–H groups in total. The van der Waals surface area contributed by atoms with Gasteiger partial charge >= 0.3 is 5.97 Å². The third-order valence-electron chi connectivity index (χ3n) is 2.90. The zero-order chi connectivity index (χ0) is 15.4. The Bertz CT molecular complexity index is 764. The maximum absolute atomic E-state index is 11.3. The van der Waals surface area contributed by atoms with E-state index in [1.54, 1.807) is 42.6 Å². The predicted octanol–water partition coefficient (Wildman–Crippen LogP) is 4.61. The van der Waals surface area contributed by atoms with E-state index in [0.29, 0.717) is 21.6 Å². The maximum Gasteiger partial charge on any atom is 0.353 e. The third kappa shape index (κ3) is 2.90. The number of hydrogen-bond acceptors (Lipinski definition) is 2. The second-order valence-corrected chi connectivity index (χ2v) is 4.52. The number of aromatic amines is 1. The molecule has 5 heteroatoms. The number of H-pyrrole nitrogens is 1. The maximum atomic E-state index is 11.3. The van der Waals surface area contributed by atoms with Crippen molar-refractivity contribution < 1.29 is 9.90 Å². The Hall–Kier alpha value is -2.33. The van der Waals surface area contributed by atoms with Gasteiger partial charge in [0.15, 0.2) is 0 Å². The zero-order valence-corrected chi connectivity index (χ0v) is 12.5. The number of aromatic nitrogens is 2. The van der Waals surface area contributed by atoms with E-state index in [-0.39, 0.29) is 5.69 Å². The van der Waals surface area contributed by atoms with Crippen LogP contribution in [0, 0.1) is 0 Å². The van der Waals surface area contributed by atoms with Gasteiger partial charge in [0.2, 0.25) is 0 Å². The van der Waals surface area contributed by atoms with Crippen LogP contribution in [0.4, 0.5) is 0 Å². The highest BCUT2D eigenvalue weighted by atomic mass is 35.5. The van der Waals surface area contributed by atoms with Crippen molar-refractivity contribution in [3.8, 4) is 11.1 Å². The summed E-state index contributed by atoms with van der Waals surface area (Å²) in [5.41, 5.74) is 2.83. The molecule has 0 aliphatic carbocycles. The number of hydrogen-bond donors (Lipinski definition) is 2. The normalized spacial score (nSPS) is 10.0. The van der Waals surface area contributed by atoms with Gasteiger partial charge in [0.05, 0.1) is 11.0 Å². The first-order chi connectivity index (χ1) is 10.2. The molecule has 0 aliphatic heterocycles. The second kappa shape index (κ2) is 6.41. The van der Waals surface area contributed by atoms with Crippen LogP contribution in [0.5, 0.6) is 0 Å². The molecule has 0 bridgehead atoms. The molecule has 2 aromatic heterocycles. The molecule has 0 spiro atoms. The molecule has 0 amide bonds. The summed E-state index contributed by atoms with van der Waals surface area (Å²) in [5.74, 6) is -1.01. The van der Waals surface area contributed by atoms with E-state index >= 15 is 0 Å². The molecule has 0 aliphatic rings.